The molecular weight excluding hydrogens is 476 g/mol. The average Bonchev–Trinajstić information content (AvgIpc) is 3.58. The van der Waals surface area contributed by atoms with Crippen LogP contribution in [0.15, 0.2) is 72.1 Å². The van der Waals surface area contributed by atoms with E-state index in [0.29, 0.717) is 29.4 Å². The third kappa shape index (κ3) is 4.22. The van der Waals surface area contributed by atoms with Gasteiger partial charge in [-0.3, -0.25) is 19.2 Å². The number of carbonyl (C=O) groups excluding carboxylic acids is 2. The molecule has 5 rings (SSSR count). The summed E-state index contributed by atoms with van der Waals surface area (Å²) in [5.74, 6) is 0.845. The summed E-state index contributed by atoms with van der Waals surface area (Å²) in [6, 6.07) is 20.3. The number of anilines is 1. The van der Waals surface area contributed by atoms with Crippen molar-refractivity contribution in [3.8, 4) is 22.1 Å². The van der Waals surface area contributed by atoms with Crippen molar-refractivity contribution < 1.29 is 19.1 Å². The van der Waals surface area contributed by atoms with Crippen LogP contribution in [0.1, 0.15) is 23.0 Å². The Balaban J connectivity index is 1.50. The van der Waals surface area contributed by atoms with E-state index in [0.717, 1.165) is 16.2 Å². The molecule has 1 N–H and O–H groups in total. The second kappa shape index (κ2) is 9.50. The van der Waals surface area contributed by atoms with Crippen molar-refractivity contribution in [2.45, 2.75) is 25.6 Å². The van der Waals surface area contributed by atoms with Gasteiger partial charge in [-0.1, -0.05) is 18.2 Å². The number of aromatic nitrogens is 2. The first-order valence-electron chi connectivity index (χ1n) is 11.4. The molecule has 0 fully saturated rings. The molecule has 1 aliphatic rings. The van der Waals surface area contributed by atoms with Crippen LogP contribution in [0.25, 0.3) is 10.6 Å². The standard InChI is InChI=1S/C27H26N4O4S/c1-27(26(33)28-16-18-6-10-20(34-2)11-7-18)17-30-23(15-22(29-30)24-5-4-14-36-24)25(32)31(27)19-8-12-21(35-3)13-9-19/h4-15H,16-17H2,1-3H3,(H,28,33). The number of benzene rings is 2. The van der Waals surface area contributed by atoms with Crippen molar-refractivity contribution in [2.75, 3.05) is 19.1 Å². The summed E-state index contributed by atoms with van der Waals surface area (Å²) in [6.07, 6.45) is 0. The summed E-state index contributed by atoms with van der Waals surface area (Å²) in [4.78, 5) is 30.1. The number of carbonyl (C=O) groups is 2. The molecular formula is C27H26N4O4S. The number of hydrogen-bond acceptors (Lipinski definition) is 6. The molecule has 0 saturated carbocycles. The number of ether oxygens (including phenoxy) is 2. The molecule has 0 bridgehead atoms. The summed E-state index contributed by atoms with van der Waals surface area (Å²) in [6.45, 7) is 2.29. The average molecular weight is 503 g/mol. The number of hydrogen-bond donors (Lipinski definition) is 1. The first-order valence-corrected chi connectivity index (χ1v) is 12.3. The van der Waals surface area contributed by atoms with E-state index in [4.69, 9.17) is 9.47 Å². The number of thiophene rings is 1. The van der Waals surface area contributed by atoms with Crippen LogP contribution in [0.5, 0.6) is 11.5 Å². The summed E-state index contributed by atoms with van der Waals surface area (Å²) in [5, 5.41) is 9.67. The van der Waals surface area contributed by atoms with Crippen LogP contribution in [0.2, 0.25) is 0 Å². The van der Waals surface area contributed by atoms with Gasteiger partial charge in [0.25, 0.3) is 5.91 Å². The van der Waals surface area contributed by atoms with Crippen LogP contribution in [0, 0.1) is 0 Å². The van der Waals surface area contributed by atoms with E-state index in [2.05, 4.69) is 10.4 Å². The molecule has 2 amide bonds. The first kappa shape index (κ1) is 23.6. The van der Waals surface area contributed by atoms with E-state index < -0.39 is 5.54 Å². The van der Waals surface area contributed by atoms with Gasteiger partial charge in [0.2, 0.25) is 5.91 Å². The van der Waals surface area contributed by atoms with Crippen LogP contribution in [-0.2, 0) is 17.9 Å². The fourth-order valence-electron chi connectivity index (χ4n) is 4.38. The number of fused-ring (bicyclic) bond motifs is 1. The molecule has 1 unspecified atom stereocenters. The van der Waals surface area contributed by atoms with Gasteiger partial charge in [0.1, 0.15) is 28.4 Å². The lowest BCUT2D eigenvalue weighted by atomic mass is 9.93. The van der Waals surface area contributed by atoms with E-state index >= 15 is 0 Å². The topological polar surface area (TPSA) is 85.7 Å². The van der Waals surface area contributed by atoms with Crippen molar-refractivity contribution >= 4 is 28.8 Å². The van der Waals surface area contributed by atoms with Gasteiger partial charge in [-0.15, -0.1) is 11.3 Å². The number of methoxy groups -OCH3 is 2. The molecule has 1 aliphatic heterocycles. The summed E-state index contributed by atoms with van der Waals surface area (Å²) < 4.78 is 12.1. The second-order valence-electron chi connectivity index (χ2n) is 8.69. The quantitative estimate of drug-likeness (QED) is 0.406. The number of rotatable bonds is 7. The molecule has 8 nitrogen and oxygen atoms in total. The number of nitrogens with one attached hydrogen (secondary N) is 1. The van der Waals surface area contributed by atoms with Crippen molar-refractivity contribution in [2.24, 2.45) is 0 Å². The Morgan fingerprint density at radius 2 is 1.72 bits per heavy atom. The second-order valence-corrected chi connectivity index (χ2v) is 9.64. The minimum Gasteiger partial charge on any atom is -0.497 e. The molecule has 0 aliphatic carbocycles. The highest BCUT2D eigenvalue weighted by atomic mass is 32.1. The minimum absolute atomic E-state index is 0.208. The predicted octanol–water partition coefficient (Wildman–Crippen LogP) is 4.36. The molecule has 2 aromatic carbocycles. The van der Waals surface area contributed by atoms with Gasteiger partial charge in [-0.25, -0.2) is 0 Å². The Morgan fingerprint density at radius 3 is 2.33 bits per heavy atom. The summed E-state index contributed by atoms with van der Waals surface area (Å²) in [7, 11) is 3.20. The largest absolute Gasteiger partial charge is 0.497 e. The van der Waals surface area contributed by atoms with Gasteiger partial charge in [0, 0.05) is 12.2 Å². The molecule has 0 spiro atoms. The van der Waals surface area contributed by atoms with Crippen molar-refractivity contribution in [1.29, 1.82) is 0 Å². The van der Waals surface area contributed by atoms with Crippen molar-refractivity contribution in [3.63, 3.8) is 0 Å². The van der Waals surface area contributed by atoms with E-state index in [1.165, 1.54) is 0 Å². The lowest BCUT2D eigenvalue weighted by Crippen LogP contribution is -2.64. The van der Waals surface area contributed by atoms with E-state index in [1.807, 2.05) is 41.8 Å². The highest BCUT2D eigenvalue weighted by molar-refractivity contribution is 7.13. The van der Waals surface area contributed by atoms with Gasteiger partial charge in [0.05, 0.1) is 25.6 Å². The fourth-order valence-corrected chi connectivity index (χ4v) is 5.06. The lowest BCUT2D eigenvalue weighted by molar-refractivity contribution is -0.126. The maximum atomic E-state index is 13.9. The van der Waals surface area contributed by atoms with Crippen LogP contribution in [0.3, 0.4) is 0 Å². The molecule has 2 aromatic heterocycles. The molecule has 3 heterocycles. The van der Waals surface area contributed by atoms with Crippen LogP contribution in [0.4, 0.5) is 5.69 Å². The normalized spacial score (nSPS) is 17.0. The molecule has 184 valence electrons. The number of amides is 2. The molecule has 0 saturated heterocycles. The lowest BCUT2D eigenvalue weighted by Gasteiger charge is -2.43. The van der Waals surface area contributed by atoms with Gasteiger partial charge < -0.3 is 14.8 Å². The third-order valence-electron chi connectivity index (χ3n) is 6.36. The zero-order valence-corrected chi connectivity index (χ0v) is 21.0. The van der Waals surface area contributed by atoms with Crippen molar-refractivity contribution in [3.05, 3.63) is 83.4 Å². The van der Waals surface area contributed by atoms with Crippen LogP contribution in [-0.4, -0.2) is 41.4 Å². The monoisotopic (exact) mass is 502 g/mol. The van der Waals surface area contributed by atoms with Crippen molar-refractivity contribution in [1.82, 2.24) is 15.1 Å². The van der Waals surface area contributed by atoms with Crippen LogP contribution < -0.4 is 19.7 Å². The minimum atomic E-state index is -1.22. The Hall–Kier alpha value is -4.11. The predicted molar refractivity (Wildman–Crippen MR) is 139 cm³/mol. The Kier molecular flexibility index (Phi) is 6.24. The molecule has 36 heavy (non-hydrogen) atoms. The van der Waals surface area contributed by atoms with E-state index in [9.17, 15) is 9.59 Å². The Labute approximate surface area is 213 Å². The number of nitrogens with zero attached hydrogens (tertiary/aromatic N) is 3. The molecule has 9 heteroatoms. The molecule has 0 radical (unpaired) electrons. The van der Waals surface area contributed by atoms with Gasteiger partial charge >= 0.3 is 0 Å². The maximum absolute atomic E-state index is 13.9. The maximum Gasteiger partial charge on any atom is 0.277 e. The van der Waals surface area contributed by atoms with Gasteiger partial charge in [-0.05, 0) is 66.4 Å². The molecule has 4 aromatic rings. The highest BCUT2D eigenvalue weighted by Gasteiger charge is 2.48. The highest BCUT2D eigenvalue weighted by Crippen LogP contribution is 2.35. The molecule has 1 atom stereocenters. The van der Waals surface area contributed by atoms with E-state index in [1.54, 1.807) is 72.4 Å². The summed E-state index contributed by atoms with van der Waals surface area (Å²) >= 11 is 1.55. The Bertz CT molecular complexity index is 1380. The third-order valence-corrected chi connectivity index (χ3v) is 7.25. The van der Waals surface area contributed by atoms with Gasteiger partial charge in [0.15, 0.2) is 0 Å². The first-order chi connectivity index (χ1) is 17.4. The zero-order valence-electron chi connectivity index (χ0n) is 20.2. The van der Waals surface area contributed by atoms with E-state index in [-0.39, 0.29) is 18.4 Å². The summed E-state index contributed by atoms with van der Waals surface area (Å²) in [5.41, 5.74) is 1.46. The fraction of sp³-hybridized carbons (Fsp3) is 0.222. The SMILES string of the molecule is COc1ccc(CNC(=O)C2(C)Cn3nc(-c4cccs4)cc3C(=O)N2c2ccc(OC)cc2)cc1. The van der Waals surface area contributed by atoms with Crippen LogP contribution >= 0.6 is 11.3 Å². The smallest absolute Gasteiger partial charge is 0.277 e. The zero-order chi connectivity index (χ0) is 25.3. The van der Waals surface area contributed by atoms with Gasteiger partial charge in [-0.2, -0.15) is 5.10 Å². The Morgan fingerprint density at radius 1 is 1.06 bits per heavy atom.